The zero-order valence-corrected chi connectivity index (χ0v) is 13.1. The van der Waals surface area contributed by atoms with Crippen molar-refractivity contribution in [3.05, 3.63) is 23.3 Å². The molecule has 2 aromatic heterocycles. The molecule has 0 aromatic carbocycles. The van der Waals surface area contributed by atoms with E-state index < -0.39 is 0 Å². The molecule has 0 N–H and O–H groups in total. The van der Waals surface area contributed by atoms with E-state index in [1.807, 2.05) is 31.5 Å². The van der Waals surface area contributed by atoms with Gasteiger partial charge in [0.15, 0.2) is 10.3 Å². The smallest absolute Gasteiger partial charge is 0.191 e. The van der Waals surface area contributed by atoms with Crippen LogP contribution in [0.2, 0.25) is 0 Å². The van der Waals surface area contributed by atoms with Gasteiger partial charge in [-0.1, -0.05) is 23.5 Å². The van der Waals surface area contributed by atoms with E-state index in [1.165, 1.54) is 23.5 Å². The summed E-state index contributed by atoms with van der Waals surface area (Å²) in [6.07, 6.45) is 0. The summed E-state index contributed by atoms with van der Waals surface area (Å²) in [5.74, 6) is 1.87. The fraction of sp³-hybridized carbons (Fsp3) is 0.417. The Bertz CT molecular complexity index is 626. The van der Waals surface area contributed by atoms with Crippen molar-refractivity contribution in [3.63, 3.8) is 0 Å². The van der Waals surface area contributed by atoms with E-state index in [0.29, 0.717) is 11.5 Å². The molecule has 0 fully saturated rings. The van der Waals surface area contributed by atoms with Crippen LogP contribution in [-0.4, -0.2) is 30.5 Å². The van der Waals surface area contributed by atoms with Crippen molar-refractivity contribution in [1.82, 2.24) is 24.7 Å². The van der Waals surface area contributed by atoms with Gasteiger partial charge in [-0.15, -0.1) is 10.2 Å². The van der Waals surface area contributed by atoms with E-state index in [9.17, 15) is 0 Å². The molecular formula is C12H14N6S2. The molecule has 0 spiro atoms. The standard InChI is InChI=1S/C12H14N6S2/c1-8-6-9(2)15-11(14-8)20-7-10-16-17-12(18(10)3)19-5-4-13/h6H,5,7H2,1-3H3. The molecular weight excluding hydrogens is 292 g/mol. The number of thioether (sulfide) groups is 2. The van der Waals surface area contributed by atoms with E-state index in [4.69, 9.17) is 5.26 Å². The zero-order chi connectivity index (χ0) is 14.5. The van der Waals surface area contributed by atoms with E-state index in [2.05, 4.69) is 26.2 Å². The van der Waals surface area contributed by atoms with E-state index in [1.54, 1.807) is 0 Å². The van der Waals surface area contributed by atoms with Gasteiger partial charge in [0.25, 0.3) is 0 Å². The highest BCUT2D eigenvalue weighted by atomic mass is 32.2. The Morgan fingerprint density at radius 3 is 2.55 bits per heavy atom. The van der Waals surface area contributed by atoms with Crippen LogP contribution >= 0.6 is 23.5 Å². The minimum absolute atomic E-state index is 0.374. The molecule has 0 aliphatic heterocycles. The molecule has 2 rings (SSSR count). The average molecular weight is 306 g/mol. The summed E-state index contributed by atoms with van der Waals surface area (Å²) in [5.41, 5.74) is 1.92. The van der Waals surface area contributed by atoms with Crippen molar-refractivity contribution in [1.29, 1.82) is 5.26 Å². The zero-order valence-electron chi connectivity index (χ0n) is 11.5. The highest BCUT2D eigenvalue weighted by Crippen LogP contribution is 2.21. The van der Waals surface area contributed by atoms with Gasteiger partial charge in [0.05, 0.1) is 17.6 Å². The summed E-state index contributed by atoms with van der Waals surface area (Å²) in [5, 5.41) is 18.3. The van der Waals surface area contributed by atoms with Crippen molar-refractivity contribution >= 4 is 23.5 Å². The van der Waals surface area contributed by atoms with Crippen molar-refractivity contribution in [2.24, 2.45) is 7.05 Å². The predicted octanol–water partition coefficient (Wildman–Crippen LogP) is 2.13. The second-order valence-corrected chi connectivity index (χ2v) is 6.01. The van der Waals surface area contributed by atoms with E-state index in [0.717, 1.165) is 27.5 Å². The minimum Gasteiger partial charge on any atom is -0.308 e. The van der Waals surface area contributed by atoms with Crippen LogP contribution in [-0.2, 0) is 12.8 Å². The third-order valence-corrected chi connectivity index (χ3v) is 4.21. The molecule has 0 saturated heterocycles. The third-order valence-electron chi connectivity index (χ3n) is 2.48. The first kappa shape index (κ1) is 14.8. The SMILES string of the molecule is Cc1cc(C)nc(SCc2nnc(SCC#N)n2C)n1. The fourth-order valence-corrected chi connectivity index (χ4v) is 3.10. The lowest BCUT2D eigenvalue weighted by Gasteiger charge is -2.03. The normalized spacial score (nSPS) is 10.5. The van der Waals surface area contributed by atoms with Gasteiger partial charge in [-0.05, 0) is 19.9 Å². The molecule has 8 heteroatoms. The molecule has 0 radical (unpaired) electrons. The maximum Gasteiger partial charge on any atom is 0.191 e. The van der Waals surface area contributed by atoms with Crippen molar-refractivity contribution in [3.8, 4) is 6.07 Å². The third kappa shape index (κ3) is 3.71. The number of rotatable bonds is 5. The van der Waals surface area contributed by atoms with Crippen molar-refractivity contribution < 1.29 is 0 Å². The largest absolute Gasteiger partial charge is 0.308 e. The number of nitriles is 1. The molecule has 104 valence electrons. The maximum absolute atomic E-state index is 8.58. The molecule has 0 aliphatic carbocycles. The van der Waals surface area contributed by atoms with Gasteiger partial charge in [-0.25, -0.2) is 9.97 Å². The summed E-state index contributed by atoms with van der Waals surface area (Å²) in [4.78, 5) is 8.76. The molecule has 2 heterocycles. The summed E-state index contributed by atoms with van der Waals surface area (Å²) < 4.78 is 1.90. The van der Waals surface area contributed by atoms with E-state index in [-0.39, 0.29) is 0 Å². The van der Waals surface area contributed by atoms with Crippen LogP contribution in [0.25, 0.3) is 0 Å². The van der Waals surface area contributed by atoms with Crippen molar-refractivity contribution in [2.75, 3.05) is 5.75 Å². The van der Waals surface area contributed by atoms with Gasteiger partial charge in [0.1, 0.15) is 5.82 Å². The molecule has 0 amide bonds. The average Bonchev–Trinajstić information content (AvgIpc) is 2.74. The van der Waals surface area contributed by atoms with E-state index >= 15 is 0 Å². The van der Waals surface area contributed by atoms with Gasteiger partial charge in [0.2, 0.25) is 0 Å². The summed E-state index contributed by atoms with van der Waals surface area (Å²) >= 11 is 2.92. The topological polar surface area (TPSA) is 80.3 Å². The summed E-state index contributed by atoms with van der Waals surface area (Å²) in [7, 11) is 1.90. The molecule has 0 unspecified atom stereocenters. The number of aromatic nitrogens is 5. The lowest BCUT2D eigenvalue weighted by molar-refractivity contribution is 0.761. The predicted molar refractivity (Wildman–Crippen MR) is 78.4 cm³/mol. The van der Waals surface area contributed by atoms with Crippen LogP contribution < -0.4 is 0 Å². The Morgan fingerprint density at radius 2 is 1.90 bits per heavy atom. The van der Waals surface area contributed by atoms with Crippen LogP contribution in [0, 0.1) is 25.2 Å². The number of nitrogens with zero attached hydrogens (tertiary/aromatic N) is 6. The van der Waals surface area contributed by atoms with Gasteiger partial charge < -0.3 is 4.57 Å². The lowest BCUT2D eigenvalue weighted by Crippen LogP contribution is -1.99. The van der Waals surface area contributed by atoms with Crippen LogP contribution in [0.4, 0.5) is 0 Å². The number of aryl methyl sites for hydroxylation is 2. The Kier molecular flexibility index (Phi) is 4.98. The van der Waals surface area contributed by atoms with Gasteiger partial charge >= 0.3 is 0 Å². The number of hydrogen-bond acceptors (Lipinski definition) is 7. The second-order valence-electron chi connectivity index (χ2n) is 4.13. The van der Waals surface area contributed by atoms with Crippen LogP contribution in [0.3, 0.4) is 0 Å². The summed E-state index contributed by atoms with van der Waals surface area (Å²) in [6, 6.07) is 4.03. The molecule has 2 aromatic rings. The van der Waals surface area contributed by atoms with Gasteiger partial charge in [-0.2, -0.15) is 5.26 Å². The second kappa shape index (κ2) is 6.72. The molecule has 0 atom stereocenters. The Labute approximate surface area is 126 Å². The molecule has 0 aliphatic rings. The lowest BCUT2D eigenvalue weighted by atomic mass is 10.4. The van der Waals surface area contributed by atoms with Crippen molar-refractivity contribution in [2.45, 2.75) is 29.9 Å². The molecule has 0 bridgehead atoms. The highest BCUT2D eigenvalue weighted by Gasteiger charge is 2.10. The molecule has 6 nitrogen and oxygen atoms in total. The quantitative estimate of drug-likeness (QED) is 0.618. The minimum atomic E-state index is 0.374. The first-order valence-corrected chi connectivity index (χ1v) is 7.90. The highest BCUT2D eigenvalue weighted by molar-refractivity contribution is 7.99. The Balaban J connectivity index is 2.04. The number of hydrogen-bond donors (Lipinski definition) is 0. The molecule has 0 saturated carbocycles. The Morgan fingerprint density at radius 1 is 1.20 bits per heavy atom. The summed E-state index contributed by atoms with van der Waals surface area (Å²) in [6.45, 7) is 3.91. The first-order chi connectivity index (χ1) is 9.60. The fourth-order valence-electron chi connectivity index (χ4n) is 1.58. The maximum atomic E-state index is 8.58. The molecule has 20 heavy (non-hydrogen) atoms. The monoisotopic (exact) mass is 306 g/mol. The van der Waals surface area contributed by atoms with Crippen LogP contribution in [0.15, 0.2) is 16.4 Å². The van der Waals surface area contributed by atoms with Gasteiger partial charge in [0, 0.05) is 18.4 Å². The first-order valence-electron chi connectivity index (χ1n) is 5.93. The van der Waals surface area contributed by atoms with Crippen LogP contribution in [0.5, 0.6) is 0 Å². The van der Waals surface area contributed by atoms with Crippen LogP contribution in [0.1, 0.15) is 17.2 Å². The van der Waals surface area contributed by atoms with Gasteiger partial charge in [-0.3, -0.25) is 0 Å². The Hall–Kier alpha value is -1.59.